The lowest BCUT2D eigenvalue weighted by atomic mass is 10.1. The van der Waals surface area contributed by atoms with Gasteiger partial charge in [0.25, 0.3) is 0 Å². The van der Waals surface area contributed by atoms with Crippen molar-refractivity contribution >= 4 is 10.9 Å². The zero-order chi connectivity index (χ0) is 15.4. The van der Waals surface area contributed by atoms with E-state index in [0.29, 0.717) is 13.2 Å². The second kappa shape index (κ2) is 6.48. The highest BCUT2D eigenvalue weighted by atomic mass is 16.6. The molecule has 3 aromatic rings. The standard InChI is InChI=1S/C17H13NO2.C2H6/c1-2-4-14-12(3-1)5-7-15(18-14)13-6-8-16-17(11-13)20-10-9-19-16;1-2/h1-8,11H,9-10H2;1-2H3. The molecule has 4 rings (SSSR count). The second-order valence-electron chi connectivity index (χ2n) is 4.75. The van der Waals surface area contributed by atoms with Crippen molar-refractivity contribution in [3.8, 4) is 22.8 Å². The van der Waals surface area contributed by atoms with E-state index in [1.165, 1.54) is 0 Å². The topological polar surface area (TPSA) is 31.4 Å². The summed E-state index contributed by atoms with van der Waals surface area (Å²) in [5.74, 6) is 1.60. The lowest BCUT2D eigenvalue weighted by Gasteiger charge is -2.18. The predicted molar refractivity (Wildman–Crippen MR) is 89.5 cm³/mol. The summed E-state index contributed by atoms with van der Waals surface area (Å²) in [7, 11) is 0. The number of para-hydroxylation sites is 1. The first-order chi connectivity index (χ1) is 10.9. The molecule has 0 unspecified atom stereocenters. The molecule has 3 nitrogen and oxygen atoms in total. The van der Waals surface area contributed by atoms with Crippen LogP contribution in [0.1, 0.15) is 13.8 Å². The Bertz CT molecular complexity index is 783. The van der Waals surface area contributed by atoms with Crippen LogP contribution in [-0.2, 0) is 0 Å². The fraction of sp³-hybridized carbons (Fsp3) is 0.211. The van der Waals surface area contributed by atoms with Gasteiger partial charge in [-0.05, 0) is 30.3 Å². The van der Waals surface area contributed by atoms with Crippen LogP contribution in [0, 0.1) is 0 Å². The van der Waals surface area contributed by atoms with E-state index in [4.69, 9.17) is 14.5 Å². The van der Waals surface area contributed by atoms with Gasteiger partial charge >= 0.3 is 0 Å². The number of pyridine rings is 1. The minimum atomic E-state index is 0.599. The van der Waals surface area contributed by atoms with E-state index in [-0.39, 0.29) is 0 Å². The van der Waals surface area contributed by atoms with E-state index in [9.17, 15) is 0 Å². The van der Waals surface area contributed by atoms with Gasteiger partial charge in [0, 0.05) is 10.9 Å². The van der Waals surface area contributed by atoms with Gasteiger partial charge in [0.05, 0.1) is 11.2 Å². The van der Waals surface area contributed by atoms with Crippen molar-refractivity contribution in [3.63, 3.8) is 0 Å². The third-order valence-electron chi connectivity index (χ3n) is 3.44. The molecule has 0 saturated heterocycles. The molecule has 22 heavy (non-hydrogen) atoms. The van der Waals surface area contributed by atoms with Crippen molar-refractivity contribution in [2.75, 3.05) is 13.2 Å². The molecule has 0 radical (unpaired) electrons. The lowest BCUT2D eigenvalue weighted by molar-refractivity contribution is 0.171. The quantitative estimate of drug-likeness (QED) is 0.651. The Kier molecular flexibility index (Phi) is 4.24. The molecule has 0 aliphatic carbocycles. The van der Waals surface area contributed by atoms with Gasteiger partial charge in [0.1, 0.15) is 13.2 Å². The number of rotatable bonds is 1. The van der Waals surface area contributed by atoms with E-state index in [1.54, 1.807) is 0 Å². The Balaban J connectivity index is 0.000000693. The number of ether oxygens (including phenoxy) is 2. The van der Waals surface area contributed by atoms with Crippen molar-refractivity contribution in [1.29, 1.82) is 0 Å². The average molecular weight is 293 g/mol. The zero-order valence-corrected chi connectivity index (χ0v) is 12.9. The molecule has 2 heterocycles. The monoisotopic (exact) mass is 293 g/mol. The fourth-order valence-electron chi connectivity index (χ4n) is 2.43. The van der Waals surface area contributed by atoms with Crippen molar-refractivity contribution in [2.24, 2.45) is 0 Å². The maximum absolute atomic E-state index is 5.62. The van der Waals surface area contributed by atoms with Gasteiger partial charge in [0.15, 0.2) is 11.5 Å². The summed E-state index contributed by atoms with van der Waals surface area (Å²) < 4.78 is 11.2. The summed E-state index contributed by atoms with van der Waals surface area (Å²) in [5.41, 5.74) is 2.99. The van der Waals surface area contributed by atoms with Crippen molar-refractivity contribution in [1.82, 2.24) is 4.98 Å². The summed E-state index contributed by atoms with van der Waals surface area (Å²) in [6, 6.07) is 18.2. The number of hydrogen-bond donors (Lipinski definition) is 0. The van der Waals surface area contributed by atoms with Crippen LogP contribution in [0.25, 0.3) is 22.2 Å². The Morgan fingerprint density at radius 2 is 1.59 bits per heavy atom. The summed E-state index contributed by atoms with van der Waals surface area (Å²) in [5, 5.41) is 1.15. The van der Waals surface area contributed by atoms with Crippen molar-refractivity contribution in [2.45, 2.75) is 13.8 Å². The largest absolute Gasteiger partial charge is 0.486 e. The molecule has 0 fully saturated rings. The second-order valence-corrected chi connectivity index (χ2v) is 4.75. The van der Waals surface area contributed by atoms with Gasteiger partial charge in [0.2, 0.25) is 0 Å². The van der Waals surface area contributed by atoms with Gasteiger partial charge in [-0.25, -0.2) is 4.98 Å². The smallest absolute Gasteiger partial charge is 0.162 e. The molecule has 112 valence electrons. The molecule has 0 N–H and O–H groups in total. The third kappa shape index (κ3) is 2.75. The molecule has 2 aromatic carbocycles. The summed E-state index contributed by atoms with van der Waals surface area (Å²) in [6.07, 6.45) is 0. The van der Waals surface area contributed by atoms with E-state index in [1.807, 2.05) is 56.3 Å². The Hall–Kier alpha value is -2.55. The first kappa shape index (κ1) is 14.4. The molecule has 0 bridgehead atoms. The molecule has 1 aliphatic rings. The Morgan fingerprint density at radius 3 is 2.45 bits per heavy atom. The first-order valence-electron chi connectivity index (χ1n) is 7.66. The number of fused-ring (bicyclic) bond motifs is 2. The van der Waals surface area contributed by atoms with Gasteiger partial charge in [-0.1, -0.05) is 38.1 Å². The molecule has 0 amide bonds. The van der Waals surface area contributed by atoms with Gasteiger partial charge in [-0.15, -0.1) is 0 Å². The summed E-state index contributed by atoms with van der Waals surface area (Å²) in [6.45, 7) is 5.21. The van der Waals surface area contributed by atoms with E-state index >= 15 is 0 Å². The van der Waals surface area contributed by atoms with Crippen LogP contribution in [0.4, 0.5) is 0 Å². The number of hydrogen-bond acceptors (Lipinski definition) is 3. The minimum absolute atomic E-state index is 0.599. The van der Waals surface area contributed by atoms with Crippen LogP contribution < -0.4 is 9.47 Å². The fourth-order valence-corrected chi connectivity index (χ4v) is 2.43. The molecular weight excluding hydrogens is 274 g/mol. The van der Waals surface area contributed by atoms with Crippen LogP contribution >= 0.6 is 0 Å². The van der Waals surface area contributed by atoms with E-state index < -0.39 is 0 Å². The minimum Gasteiger partial charge on any atom is -0.486 e. The maximum atomic E-state index is 5.62. The van der Waals surface area contributed by atoms with Crippen LogP contribution in [0.2, 0.25) is 0 Å². The van der Waals surface area contributed by atoms with Crippen LogP contribution in [0.5, 0.6) is 11.5 Å². The normalized spacial score (nSPS) is 12.5. The first-order valence-corrected chi connectivity index (χ1v) is 7.66. The lowest BCUT2D eigenvalue weighted by Crippen LogP contribution is -2.15. The third-order valence-corrected chi connectivity index (χ3v) is 3.44. The molecule has 3 heteroatoms. The Morgan fingerprint density at radius 1 is 0.818 bits per heavy atom. The maximum Gasteiger partial charge on any atom is 0.162 e. The highest BCUT2D eigenvalue weighted by Gasteiger charge is 2.12. The summed E-state index contributed by atoms with van der Waals surface area (Å²) >= 11 is 0. The number of aromatic nitrogens is 1. The Labute approximate surface area is 130 Å². The number of nitrogens with zero attached hydrogens (tertiary/aromatic N) is 1. The van der Waals surface area contributed by atoms with E-state index in [0.717, 1.165) is 33.7 Å². The summed E-state index contributed by atoms with van der Waals surface area (Å²) in [4.78, 5) is 4.70. The predicted octanol–water partition coefficient (Wildman–Crippen LogP) is 4.70. The molecule has 0 spiro atoms. The molecule has 1 aliphatic heterocycles. The van der Waals surface area contributed by atoms with Crippen LogP contribution in [0.3, 0.4) is 0 Å². The van der Waals surface area contributed by atoms with Gasteiger partial charge in [-0.2, -0.15) is 0 Å². The van der Waals surface area contributed by atoms with E-state index in [2.05, 4.69) is 12.1 Å². The van der Waals surface area contributed by atoms with Crippen LogP contribution in [0.15, 0.2) is 54.6 Å². The van der Waals surface area contributed by atoms with Gasteiger partial charge in [-0.3, -0.25) is 0 Å². The number of benzene rings is 2. The molecule has 0 atom stereocenters. The van der Waals surface area contributed by atoms with Crippen molar-refractivity contribution in [3.05, 3.63) is 54.6 Å². The van der Waals surface area contributed by atoms with Gasteiger partial charge < -0.3 is 9.47 Å². The molecule has 1 aromatic heterocycles. The highest BCUT2D eigenvalue weighted by Crippen LogP contribution is 2.34. The SMILES string of the molecule is CC.c1ccc2nc(-c3ccc4c(c3)OCCO4)ccc2c1. The highest BCUT2D eigenvalue weighted by molar-refractivity contribution is 5.81. The molecule has 0 saturated carbocycles. The van der Waals surface area contributed by atoms with Crippen LogP contribution in [-0.4, -0.2) is 18.2 Å². The molecular formula is C19H19NO2. The van der Waals surface area contributed by atoms with Crippen molar-refractivity contribution < 1.29 is 9.47 Å². The average Bonchev–Trinajstić information content (AvgIpc) is 2.62. The zero-order valence-electron chi connectivity index (χ0n) is 12.9.